The van der Waals surface area contributed by atoms with Crippen LogP contribution in [0.25, 0.3) is 0 Å². The Bertz CT molecular complexity index is 747. The first-order valence-corrected chi connectivity index (χ1v) is 10.8. The smallest absolute Gasteiger partial charge is 0.304 e. The van der Waals surface area contributed by atoms with Crippen LogP contribution in [0.3, 0.4) is 0 Å². The number of carboxylic acid groups (broad SMARTS) is 1. The zero-order valence-electron chi connectivity index (χ0n) is 18.7. The van der Waals surface area contributed by atoms with E-state index in [1.807, 2.05) is 27.7 Å². The molecule has 2 aromatic rings. The summed E-state index contributed by atoms with van der Waals surface area (Å²) in [4.78, 5) is 16.2. The van der Waals surface area contributed by atoms with Crippen LogP contribution in [0.5, 0.6) is 0 Å². The molecule has 1 aliphatic carbocycles. The Kier molecular flexibility index (Phi) is 9.98. The number of benzene rings is 1. The van der Waals surface area contributed by atoms with Crippen LogP contribution in [-0.2, 0) is 17.8 Å². The molecule has 28 heavy (non-hydrogen) atoms. The number of imidazole rings is 1. The fourth-order valence-electron chi connectivity index (χ4n) is 3.84. The maximum absolute atomic E-state index is 11.3. The van der Waals surface area contributed by atoms with Crippen molar-refractivity contribution in [3.05, 3.63) is 52.6 Å². The van der Waals surface area contributed by atoms with Crippen LogP contribution in [0.1, 0.15) is 101 Å². The van der Waals surface area contributed by atoms with Crippen LogP contribution in [0.2, 0.25) is 0 Å². The first-order chi connectivity index (χ1) is 13.5. The number of rotatable bonds is 5. The minimum atomic E-state index is -0.720. The van der Waals surface area contributed by atoms with Crippen molar-refractivity contribution in [1.29, 1.82) is 0 Å². The van der Waals surface area contributed by atoms with Gasteiger partial charge in [-0.25, -0.2) is 4.98 Å². The van der Waals surface area contributed by atoms with Crippen LogP contribution < -0.4 is 0 Å². The number of aromatic nitrogens is 2. The molecule has 3 rings (SSSR count). The van der Waals surface area contributed by atoms with Gasteiger partial charge in [0.2, 0.25) is 0 Å². The van der Waals surface area contributed by atoms with Gasteiger partial charge in [0.15, 0.2) is 0 Å². The van der Waals surface area contributed by atoms with Crippen LogP contribution in [0, 0.1) is 6.92 Å². The summed E-state index contributed by atoms with van der Waals surface area (Å²) in [6.45, 7) is 15.2. The zero-order valence-corrected chi connectivity index (χ0v) is 18.7. The van der Waals surface area contributed by atoms with Crippen LogP contribution >= 0.6 is 0 Å². The fourth-order valence-corrected chi connectivity index (χ4v) is 3.84. The number of nitrogens with zero attached hydrogens (tertiary/aromatic N) is 2. The van der Waals surface area contributed by atoms with Crippen LogP contribution in [0.4, 0.5) is 0 Å². The molecule has 0 radical (unpaired) electrons. The molecule has 1 heterocycles. The fraction of sp³-hybridized carbons (Fsp3) is 0.583. The number of carbonyl (C=O) groups is 1. The number of hydrogen-bond donors (Lipinski definition) is 1. The molecule has 0 amide bonds. The Morgan fingerprint density at radius 1 is 1.25 bits per heavy atom. The first-order valence-electron chi connectivity index (χ1n) is 10.8. The second-order valence-electron chi connectivity index (χ2n) is 7.22. The minimum absolute atomic E-state index is 0.0797. The maximum atomic E-state index is 11.3. The highest BCUT2D eigenvalue weighted by atomic mass is 16.4. The third-order valence-corrected chi connectivity index (χ3v) is 4.83. The molecule has 0 fully saturated rings. The van der Waals surface area contributed by atoms with E-state index in [2.05, 4.69) is 49.6 Å². The molecule has 0 spiro atoms. The molecule has 4 heteroatoms. The molecule has 0 saturated heterocycles. The van der Waals surface area contributed by atoms with Gasteiger partial charge in [0.25, 0.3) is 0 Å². The summed E-state index contributed by atoms with van der Waals surface area (Å²) in [6.07, 6.45) is 3.14. The highest BCUT2D eigenvalue weighted by Crippen LogP contribution is 2.36. The van der Waals surface area contributed by atoms with E-state index in [-0.39, 0.29) is 12.3 Å². The van der Waals surface area contributed by atoms with E-state index in [1.54, 1.807) is 0 Å². The van der Waals surface area contributed by atoms with Gasteiger partial charge in [-0.1, -0.05) is 71.4 Å². The maximum Gasteiger partial charge on any atom is 0.304 e. The van der Waals surface area contributed by atoms with Gasteiger partial charge < -0.3 is 9.67 Å². The van der Waals surface area contributed by atoms with Crippen molar-refractivity contribution in [2.45, 2.75) is 92.5 Å². The second-order valence-corrected chi connectivity index (χ2v) is 7.22. The molecule has 1 atom stereocenters. The number of fused-ring (bicyclic) bond motifs is 1. The summed E-state index contributed by atoms with van der Waals surface area (Å²) in [7, 11) is 0. The Hall–Kier alpha value is -2.10. The lowest BCUT2D eigenvalue weighted by Gasteiger charge is -2.24. The van der Waals surface area contributed by atoms with Gasteiger partial charge in [0, 0.05) is 24.1 Å². The monoisotopic (exact) mass is 386 g/mol. The van der Waals surface area contributed by atoms with Crippen molar-refractivity contribution < 1.29 is 9.90 Å². The van der Waals surface area contributed by atoms with Gasteiger partial charge in [-0.3, -0.25) is 4.79 Å². The summed E-state index contributed by atoms with van der Waals surface area (Å²) in [5.41, 5.74) is 4.77. The van der Waals surface area contributed by atoms with E-state index in [4.69, 9.17) is 4.98 Å². The first kappa shape index (κ1) is 23.9. The van der Waals surface area contributed by atoms with E-state index in [0.717, 1.165) is 43.0 Å². The molecular formula is C24H38N2O2. The molecule has 0 bridgehead atoms. The third-order valence-electron chi connectivity index (χ3n) is 4.83. The summed E-state index contributed by atoms with van der Waals surface area (Å²) in [5, 5.41) is 9.29. The van der Waals surface area contributed by atoms with E-state index in [1.165, 1.54) is 11.1 Å². The number of hydrogen-bond acceptors (Lipinski definition) is 2. The Labute approximate surface area is 171 Å². The average molecular weight is 387 g/mol. The molecule has 1 unspecified atom stereocenters. The van der Waals surface area contributed by atoms with Crippen molar-refractivity contribution in [1.82, 2.24) is 9.55 Å². The van der Waals surface area contributed by atoms with Crippen LogP contribution in [0.15, 0.2) is 24.3 Å². The minimum Gasteiger partial charge on any atom is -0.481 e. The quantitative estimate of drug-likeness (QED) is 0.655. The predicted molar refractivity (Wildman–Crippen MR) is 117 cm³/mol. The topological polar surface area (TPSA) is 55.1 Å². The number of aliphatic carboxylic acids is 1. The molecule has 1 aliphatic rings. The van der Waals surface area contributed by atoms with Crippen molar-refractivity contribution >= 4 is 5.97 Å². The lowest BCUT2D eigenvalue weighted by atomic mass is 9.87. The van der Waals surface area contributed by atoms with Crippen LogP contribution in [-0.4, -0.2) is 20.6 Å². The summed E-state index contributed by atoms with van der Waals surface area (Å²) in [5.74, 6) is 0.767. The van der Waals surface area contributed by atoms with Gasteiger partial charge in [0.05, 0.1) is 12.1 Å². The van der Waals surface area contributed by atoms with Gasteiger partial charge >= 0.3 is 5.97 Å². The highest BCUT2D eigenvalue weighted by molar-refractivity contribution is 5.68. The van der Waals surface area contributed by atoms with E-state index in [9.17, 15) is 9.90 Å². The van der Waals surface area contributed by atoms with Gasteiger partial charge in [0.1, 0.15) is 5.82 Å². The van der Waals surface area contributed by atoms with Gasteiger partial charge in [-0.15, -0.1) is 0 Å². The van der Waals surface area contributed by atoms with Gasteiger partial charge in [-0.2, -0.15) is 0 Å². The Morgan fingerprint density at radius 3 is 2.50 bits per heavy atom. The second kappa shape index (κ2) is 11.7. The summed E-state index contributed by atoms with van der Waals surface area (Å²) < 4.78 is 2.29. The van der Waals surface area contributed by atoms with Crippen molar-refractivity contribution in [2.24, 2.45) is 0 Å². The van der Waals surface area contributed by atoms with Crippen molar-refractivity contribution in [3.8, 4) is 0 Å². The van der Waals surface area contributed by atoms with Gasteiger partial charge in [-0.05, 0) is 31.7 Å². The predicted octanol–water partition coefficient (Wildman–Crippen LogP) is 6.31. The largest absolute Gasteiger partial charge is 0.481 e. The summed E-state index contributed by atoms with van der Waals surface area (Å²) in [6, 6.07) is 8.52. The average Bonchev–Trinajstić information content (AvgIpc) is 3.04. The molecule has 1 aromatic heterocycles. The summed E-state index contributed by atoms with van der Waals surface area (Å²) >= 11 is 0. The van der Waals surface area contributed by atoms with E-state index in [0.29, 0.717) is 5.92 Å². The lowest BCUT2D eigenvalue weighted by Crippen LogP contribution is -2.18. The Morgan fingerprint density at radius 2 is 1.93 bits per heavy atom. The molecule has 4 nitrogen and oxygen atoms in total. The Balaban J connectivity index is 0.000000921. The highest BCUT2D eigenvalue weighted by Gasteiger charge is 2.30. The molecule has 0 saturated carbocycles. The molecular weight excluding hydrogens is 348 g/mol. The van der Waals surface area contributed by atoms with Crippen molar-refractivity contribution in [3.63, 3.8) is 0 Å². The SMILES string of the molecule is CC.CC.Cc1cccc(Cn2c(C(C)C)nc3c2C(CC(=O)O)CCC3)c1. The molecule has 1 N–H and O–H groups in total. The standard InChI is InChI=1S/C20H26N2O2.2C2H6/c1-13(2)20-21-17-9-5-8-16(11-18(23)24)19(17)22(20)12-15-7-4-6-14(3)10-15;2*1-2/h4,6-7,10,13,16H,5,8-9,11-12H2,1-3H3,(H,23,24);2*1-2H3. The number of aryl methyl sites for hydroxylation is 2. The van der Waals surface area contributed by atoms with E-state index < -0.39 is 5.97 Å². The van der Waals surface area contributed by atoms with Crippen molar-refractivity contribution in [2.75, 3.05) is 0 Å². The third kappa shape index (κ3) is 5.95. The lowest BCUT2D eigenvalue weighted by molar-refractivity contribution is -0.137. The number of carboxylic acids is 1. The molecule has 1 aromatic carbocycles. The molecule has 156 valence electrons. The van der Waals surface area contributed by atoms with E-state index >= 15 is 0 Å². The zero-order chi connectivity index (χ0) is 21.3. The molecule has 0 aliphatic heterocycles. The normalized spacial score (nSPS) is 15.1.